The maximum Gasteiger partial charge on any atom is 1.00 e. The Labute approximate surface area is 411 Å². The molecule has 0 radical (unpaired) electrons. The van der Waals surface area contributed by atoms with Gasteiger partial charge in [0.05, 0.1) is 19.4 Å². The Morgan fingerprint density at radius 3 is 1.43 bits per heavy atom. The van der Waals surface area contributed by atoms with Crippen LogP contribution in [0, 0.1) is 0 Å². The first-order valence-corrected chi connectivity index (χ1v) is 22.6. The molecule has 0 aliphatic carbocycles. The fourth-order valence-corrected chi connectivity index (χ4v) is 8.35. The molecule has 8 aromatic rings. The van der Waals surface area contributed by atoms with Crippen LogP contribution >= 0.6 is 0 Å². The largest absolute Gasteiger partial charge is 1.00 e. The summed E-state index contributed by atoms with van der Waals surface area (Å²) in [5.41, 5.74) is 24.4. The smallest absolute Gasteiger partial charge is 0.870 e. The number of esters is 1. The maximum atomic E-state index is 12.0. The number of hydrogen-bond acceptors (Lipinski definition) is 8. The summed E-state index contributed by atoms with van der Waals surface area (Å²) in [6.07, 6.45) is 4.39. The van der Waals surface area contributed by atoms with Crippen LogP contribution in [-0.4, -0.2) is 38.3 Å². The number of nitrogens with two attached hydrogens (primary N) is 2. The average Bonchev–Trinajstić information content (AvgIpc) is 3.96. The molecule has 0 atom stereocenters. The fraction of sp³-hybridized carbons (Fsp3) is 0.250. The first-order valence-electron chi connectivity index (χ1n) is 22.6. The summed E-state index contributed by atoms with van der Waals surface area (Å²) in [7, 11) is 0. The normalized spacial score (nSPS) is 10.9. The van der Waals surface area contributed by atoms with Crippen molar-refractivity contribution < 1.29 is 53.2 Å². The zero-order chi connectivity index (χ0) is 46.7. The van der Waals surface area contributed by atoms with Crippen LogP contribution < -0.4 is 39.8 Å². The molecule has 0 aliphatic heterocycles. The Hall–Kier alpha value is -6.58. The third kappa shape index (κ3) is 12.7. The number of hydrogen-bond donors (Lipinski definition) is 3. The summed E-state index contributed by atoms with van der Waals surface area (Å²) < 4.78 is 22.0. The number of benzene rings is 6. The van der Waals surface area contributed by atoms with Gasteiger partial charge in [0.2, 0.25) is 0 Å². The van der Waals surface area contributed by atoms with Gasteiger partial charge in [0.1, 0.15) is 24.7 Å². The van der Waals surface area contributed by atoms with E-state index in [-0.39, 0.29) is 43.1 Å². The van der Waals surface area contributed by atoms with E-state index in [1.54, 1.807) is 6.07 Å². The van der Waals surface area contributed by atoms with Crippen LogP contribution in [0.3, 0.4) is 0 Å². The predicted molar refractivity (Wildman–Crippen MR) is 266 cm³/mol. The van der Waals surface area contributed by atoms with Gasteiger partial charge in [-0.15, -0.1) is 0 Å². The quantitative estimate of drug-likeness (QED) is 0.0599. The predicted octanol–water partition coefficient (Wildman–Crippen LogP) is 8.41. The second kappa shape index (κ2) is 24.4. The third-order valence-corrected chi connectivity index (χ3v) is 11.6. The molecule has 0 aliphatic rings. The van der Waals surface area contributed by atoms with Gasteiger partial charge in [0.15, 0.2) is 0 Å². The Morgan fingerprint density at radius 1 is 0.574 bits per heavy atom. The second-order valence-corrected chi connectivity index (χ2v) is 16.9. The minimum Gasteiger partial charge on any atom is -0.870 e. The number of rotatable bonds is 17. The standard InChI is InChI=1S/C29H32N2O3.C27H28N2O3.Li.H2O/c1-4-33-29(32)17-24-9-5-6-11-28(24)34-19-22-15-26(23-10-7-8-21(14-23)18-30)25-12-13-31(20(2)3)27(25)16-22;1-18(2)29-11-10-23-24(21-8-5-6-19(12-21)16-28)13-20(14-25(23)29)17-32-26-9-4-3-7-22(26)15-27(30)31;;/h5-16,20H,4,17-19,30H2,1-3H3;3-14,18H,15-17,28H2,1-2H3,(H,30,31);;1H2/q;;+1;/p-1. The zero-order valence-corrected chi connectivity index (χ0v) is 39.9. The van der Waals surface area contributed by atoms with Gasteiger partial charge in [-0.05, 0) is 140 Å². The molecule has 0 unspecified atom stereocenters. The molecule has 348 valence electrons. The molecule has 2 aromatic heterocycles. The van der Waals surface area contributed by atoms with E-state index in [4.69, 9.17) is 25.7 Å². The van der Waals surface area contributed by atoms with E-state index in [0.717, 1.165) is 55.6 Å². The molecule has 0 amide bonds. The number of carbonyl (C=O) groups excluding carboxylic acids is 1. The molecule has 0 saturated heterocycles. The number of nitrogens with zero attached hydrogens (tertiary/aromatic N) is 2. The van der Waals surface area contributed by atoms with Gasteiger partial charge in [-0.25, -0.2) is 0 Å². The molecule has 0 fully saturated rings. The van der Waals surface area contributed by atoms with Crippen molar-refractivity contribution >= 4 is 33.7 Å². The van der Waals surface area contributed by atoms with Gasteiger partial charge in [0, 0.05) is 70.5 Å². The van der Waals surface area contributed by atoms with E-state index >= 15 is 0 Å². The molecular formula is C56H61LiN4O7. The molecular weight excluding hydrogens is 848 g/mol. The van der Waals surface area contributed by atoms with Crippen molar-refractivity contribution in [2.24, 2.45) is 11.5 Å². The summed E-state index contributed by atoms with van der Waals surface area (Å²) in [6, 6.07) is 45.3. The fourth-order valence-electron chi connectivity index (χ4n) is 8.35. The zero-order valence-electron chi connectivity index (χ0n) is 39.9. The summed E-state index contributed by atoms with van der Waals surface area (Å²) in [6.45, 7) is 12.6. The molecule has 11 nitrogen and oxygen atoms in total. The van der Waals surface area contributed by atoms with E-state index in [9.17, 15) is 14.7 Å². The first kappa shape index (κ1) is 52.4. The Kier molecular flexibility index (Phi) is 18.8. The number of ether oxygens (including phenoxy) is 3. The van der Waals surface area contributed by atoms with Crippen LogP contribution in [0.25, 0.3) is 44.1 Å². The van der Waals surface area contributed by atoms with Crippen molar-refractivity contribution in [1.29, 1.82) is 0 Å². The molecule has 12 heteroatoms. The van der Waals surface area contributed by atoms with Gasteiger partial charge in [-0.2, -0.15) is 0 Å². The van der Waals surface area contributed by atoms with Crippen molar-refractivity contribution in [2.45, 2.75) is 85.8 Å². The van der Waals surface area contributed by atoms with Crippen LogP contribution in [0.5, 0.6) is 11.5 Å². The Balaban J connectivity index is 0.000000247. The topological polar surface area (TPSA) is 174 Å². The molecule has 68 heavy (non-hydrogen) atoms. The second-order valence-electron chi connectivity index (χ2n) is 16.9. The van der Waals surface area contributed by atoms with Crippen molar-refractivity contribution in [3.63, 3.8) is 0 Å². The summed E-state index contributed by atoms with van der Waals surface area (Å²) in [5, 5.41) is 11.6. The minimum atomic E-state index is -0.876. The Bertz CT molecular complexity index is 2960. The van der Waals surface area contributed by atoms with Gasteiger partial charge in [-0.3, -0.25) is 9.59 Å². The number of carbonyl (C=O) groups is 2. The molecule has 6 N–H and O–H groups in total. The van der Waals surface area contributed by atoms with Crippen molar-refractivity contribution in [1.82, 2.24) is 9.13 Å². The molecule has 8 rings (SSSR count). The monoisotopic (exact) mass is 908 g/mol. The van der Waals surface area contributed by atoms with E-state index in [1.807, 2.05) is 67.6 Å². The molecule has 0 bridgehead atoms. The van der Waals surface area contributed by atoms with E-state index in [1.165, 1.54) is 16.3 Å². The summed E-state index contributed by atoms with van der Waals surface area (Å²) in [5.74, 6) is 0.165. The molecule has 6 aromatic carbocycles. The molecule has 0 spiro atoms. The SMILES string of the molecule is CC(C)n1ccc2c(-c3cccc(CN)c3)cc(COc3ccccc3CC(=O)O)cc21.CCOC(=O)Cc1ccccc1OCc1cc(-c2cccc(CN)c2)c2ccn(C(C)C)c2c1.[Li+].[OH-]. The van der Waals surface area contributed by atoms with Crippen LogP contribution in [0.4, 0.5) is 0 Å². The van der Waals surface area contributed by atoms with Gasteiger partial charge >= 0.3 is 30.8 Å². The van der Waals surface area contributed by atoms with E-state index in [2.05, 4.69) is 116 Å². The molecule has 0 saturated carbocycles. The number of carboxylic acids is 1. The van der Waals surface area contributed by atoms with Gasteiger partial charge < -0.3 is 45.4 Å². The number of aliphatic carboxylic acids is 1. The first-order chi connectivity index (χ1) is 32.0. The third-order valence-electron chi connectivity index (χ3n) is 11.6. The van der Waals surface area contributed by atoms with Crippen LogP contribution in [0.1, 0.15) is 80.1 Å². The Morgan fingerprint density at radius 2 is 1.01 bits per heavy atom. The van der Waals surface area contributed by atoms with Crippen LogP contribution in [-0.2, 0) is 53.5 Å². The van der Waals surface area contributed by atoms with E-state index < -0.39 is 5.97 Å². The van der Waals surface area contributed by atoms with Gasteiger partial charge in [-0.1, -0.05) is 72.8 Å². The number of aromatic nitrogens is 2. The summed E-state index contributed by atoms with van der Waals surface area (Å²) in [4.78, 5) is 23.2. The average molecular weight is 909 g/mol. The van der Waals surface area contributed by atoms with E-state index in [0.29, 0.717) is 62.1 Å². The van der Waals surface area contributed by atoms with Crippen molar-refractivity contribution in [3.05, 3.63) is 179 Å². The van der Waals surface area contributed by atoms with Crippen molar-refractivity contribution in [3.8, 4) is 33.8 Å². The van der Waals surface area contributed by atoms with Crippen molar-refractivity contribution in [2.75, 3.05) is 6.61 Å². The summed E-state index contributed by atoms with van der Waals surface area (Å²) >= 11 is 0. The van der Waals surface area contributed by atoms with Crippen LogP contribution in [0.2, 0.25) is 0 Å². The number of fused-ring (bicyclic) bond motifs is 2. The minimum absolute atomic E-state index is 0. The number of para-hydroxylation sites is 2. The maximum absolute atomic E-state index is 12.0. The molecule has 2 heterocycles. The van der Waals surface area contributed by atoms with Gasteiger partial charge in [0.25, 0.3) is 0 Å². The number of carboxylic acid groups (broad SMARTS) is 1. The van der Waals surface area contributed by atoms with Crippen LogP contribution in [0.15, 0.2) is 146 Å².